The van der Waals surface area contributed by atoms with Gasteiger partial charge in [-0.3, -0.25) is 13.8 Å². The molecule has 65 heavy (non-hydrogen) atoms. The van der Waals surface area contributed by atoms with E-state index in [4.69, 9.17) is 15.0 Å². The molecule has 0 bridgehead atoms. The smallest absolute Gasteiger partial charge is 0.263 e. The Morgan fingerprint density at radius 2 is 0.800 bits per heavy atom. The van der Waals surface area contributed by atoms with Crippen molar-refractivity contribution in [2.45, 2.75) is 0 Å². The maximum Gasteiger partial charge on any atom is 0.263 e. The lowest BCUT2D eigenvalue weighted by atomic mass is 9.96. The summed E-state index contributed by atoms with van der Waals surface area (Å²) in [6.45, 7) is 0. The molecular formula is C58H34N6O. The molecule has 0 spiro atoms. The Morgan fingerprint density at radius 3 is 1.46 bits per heavy atom. The number of rotatable bonds is 5. The number of benzene rings is 9. The van der Waals surface area contributed by atoms with E-state index in [1.54, 1.807) is 0 Å². The molecule has 14 rings (SSSR count). The van der Waals surface area contributed by atoms with Crippen molar-refractivity contribution in [2.24, 2.45) is 0 Å². The van der Waals surface area contributed by atoms with E-state index < -0.39 is 0 Å². The van der Waals surface area contributed by atoms with Gasteiger partial charge in [-0.25, -0.2) is 4.98 Å². The number of pyridine rings is 1. The zero-order valence-electron chi connectivity index (χ0n) is 34.7. The van der Waals surface area contributed by atoms with Crippen LogP contribution in [0.2, 0.25) is 0 Å². The number of fused-ring (bicyclic) bond motifs is 11. The van der Waals surface area contributed by atoms with Crippen LogP contribution in [0.4, 0.5) is 0 Å². The molecule has 14 aromatic rings. The van der Waals surface area contributed by atoms with E-state index in [-0.39, 0.29) is 5.56 Å². The van der Waals surface area contributed by atoms with Crippen molar-refractivity contribution in [3.05, 3.63) is 217 Å². The molecule has 0 unspecified atom stereocenters. The Balaban J connectivity index is 1.07. The summed E-state index contributed by atoms with van der Waals surface area (Å²) in [5, 5.41) is 9.18. The van der Waals surface area contributed by atoms with E-state index in [0.717, 1.165) is 87.8 Å². The van der Waals surface area contributed by atoms with Crippen molar-refractivity contribution < 1.29 is 0 Å². The highest BCUT2D eigenvalue weighted by atomic mass is 16.1. The summed E-state index contributed by atoms with van der Waals surface area (Å²) in [5.74, 6) is 1.66. The quantitative estimate of drug-likeness (QED) is 0.162. The first-order chi connectivity index (χ1) is 32.2. The normalized spacial score (nSPS) is 12.1. The number of para-hydroxylation sites is 3. The lowest BCUT2D eigenvalue weighted by Crippen LogP contribution is -2.13. The molecule has 0 radical (unpaired) electrons. The van der Waals surface area contributed by atoms with Crippen LogP contribution >= 0.6 is 0 Å². The average molecular weight is 831 g/mol. The van der Waals surface area contributed by atoms with E-state index in [9.17, 15) is 4.79 Å². The fourth-order valence-corrected chi connectivity index (χ4v) is 10.3. The summed E-state index contributed by atoms with van der Waals surface area (Å²) >= 11 is 0. The van der Waals surface area contributed by atoms with Gasteiger partial charge in [0.15, 0.2) is 11.6 Å². The zero-order valence-corrected chi connectivity index (χ0v) is 34.7. The Labute approximate surface area is 370 Å². The third-order valence-corrected chi connectivity index (χ3v) is 13.2. The molecule has 0 atom stereocenters. The molecule has 0 saturated carbocycles. The Morgan fingerprint density at radius 1 is 0.308 bits per heavy atom. The topological polar surface area (TPSA) is 70.0 Å². The van der Waals surface area contributed by atoms with Crippen molar-refractivity contribution >= 4 is 81.6 Å². The first-order valence-electron chi connectivity index (χ1n) is 21.8. The molecule has 7 heteroatoms. The molecule has 0 amide bonds. The van der Waals surface area contributed by atoms with Crippen molar-refractivity contribution in [3.63, 3.8) is 0 Å². The second kappa shape index (κ2) is 13.5. The lowest BCUT2D eigenvalue weighted by Gasteiger charge is -2.11. The Bertz CT molecular complexity index is 4250. The molecule has 0 fully saturated rings. The Hall–Kier alpha value is -8.94. The number of hydrogen-bond acceptors (Lipinski definition) is 4. The molecule has 9 aromatic carbocycles. The van der Waals surface area contributed by atoms with Crippen LogP contribution in [0.5, 0.6) is 0 Å². The van der Waals surface area contributed by atoms with Crippen molar-refractivity contribution in [2.75, 3.05) is 0 Å². The van der Waals surface area contributed by atoms with Crippen LogP contribution in [0.1, 0.15) is 0 Å². The average Bonchev–Trinajstić information content (AvgIpc) is 4.00. The van der Waals surface area contributed by atoms with Crippen LogP contribution in [0, 0.1) is 0 Å². The highest BCUT2D eigenvalue weighted by molar-refractivity contribution is 6.25. The monoisotopic (exact) mass is 830 g/mol. The van der Waals surface area contributed by atoms with Gasteiger partial charge in [0.25, 0.3) is 5.56 Å². The van der Waals surface area contributed by atoms with Gasteiger partial charge < -0.3 is 4.57 Å². The van der Waals surface area contributed by atoms with Crippen molar-refractivity contribution in [1.29, 1.82) is 0 Å². The maximum absolute atomic E-state index is 14.9. The summed E-state index contributed by atoms with van der Waals surface area (Å²) in [6.07, 6.45) is 0. The Kier molecular flexibility index (Phi) is 7.42. The van der Waals surface area contributed by atoms with Gasteiger partial charge in [0.05, 0.1) is 33.1 Å². The highest BCUT2D eigenvalue weighted by Gasteiger charge is 2.24. The fourth-order valence-electron chi connectivity index (χ4n) is 10.3. The van der Waals surface area contributed by atoms with E-state index in [1.807, 2.05) is 83.3 Å². The number of nitrogens with zero attached hydrogens (tertiary/aromatic N) is 6. The molecule has 0 aliphatic heterocycles. The molecule has 0 saturated heterocycles. The minimum absolute atomic E-state index is 0.0455. The molecule has 0 aliphatic rings. The minimum atomic E-state index is -0.0455. The van der Waals surface area contributed by atoms with E-state index in [0.29, 0.717) is 23.0 Å². The van der Waals surface area contributed by atoms with Crippen LogP contribution in [0.25, 0.3) is 127 Å². The van der Waals surface area contributed by atoms with Gasteiger partial charge in [0.2, 0.25) is 5.95 Å². The van der Waals surface area contributed by atoms with Crippen LogP contribution in [0.3, 0.4) is 0 Å². The van der Waals surface area contributed by atoms with Gasteiger partial charge in [-0.05, 0) is 83.2 Å². The third-order valence-electron chi connectivity index (χ3n) is 13.2. The number of aromatic nitrogens is 6. The molecule has 7 nitrogen and oxygen atoms in total. The van der Waals surface area contributed by atoms with Crippen LogP contribution < -0.4 is 5.56 Å². The predicted molar refractivity (Wildman–Crippen MR) is 266 cm³/mol. The third kappa shape index (κ3) is 5.18. The van der Waals surface area contributed by atoms with Crippen molar-refractivity contribution in [1.82, 2.24) is 28.5 Å². The molecule has 0 aliphatic carbocycles. The molecule has 302 valence electrons. The fraction of sp³-hybridized carbons (Fsp3) is 0. The van der Waals surface area contributed by atoms with Gasteiger partial charge in [0, 0.05) is 59.9 Å². The SMILES string of the molecule is O=c1c2ccccc2c2cc(-c3ccc4c(c3)c3ccccc3n4-c3ccccc3)cc3c4cc5c6ccccc6n(-c6nc(-c7ccccc7)nc(-c7ccccc7)n6)c5cc4n1c23. The van der Waals surface area contributed by atoms with E-state index in [1.165, 1.54) is 16.3 Å². The molecular weight excluding hydrogens is 797 g/mol. The largest absolute Gasteiger partial charge is 0.309 e. The van der Waals surface area contributed by atoms with E-state index in [2.05, 4.69) is 137 Å². The molecule has 5 heterocycles. The summed E-state index contributed by atoms with van der Waals surface area (Å²) in [7, 11) is 0. The predicted octanol–water partition coefficient (Wildman–Crippen LogP) is 13.6. The second-order valence-electron chi connectivity index (χ2n) is 16.8. The van der Waals surface area contributed by atoms with Crippen molar-refractivity contribution in [3.8, 4) is 45.5 Å². The van der Waals surface area contributed by atoms with Gasteiger partial charge in [-0.15, -0.1) is 0 Å². The second-order valence-corrected chi connectivity index (χ2v) is 16.8. The summed E-state index contributed by atoms with van der Waals surface area (Å²) in [6, 6.07) is 71.5. The maximum atomic E-state index is 14.9. The summed E-state index contributed by atoms with van der Waals surface area (Å²) in [5.41, 5.74) is 11.0. The van der Waals surface area contributed by atoms with Crippen LogP contribution in [0.15, 0.2) is 211 Å². The lowest BCUT2D eigenvalue weighted by molar-refractivity contribution is 0.953. The first-order valence-corrected chi connectivity index (χ1v) is 21.8. The molecule has 0 N–H and O–H groups in total. The number of hydrogen-bond donors (Lipinski definition) is 0. The zero-order chi connectivity index (χ0) is 42.8. The van der Waals surface area contributed by atoms with Gasteiger partial charge in [0.1, 0.15) is 0 Å². The first kappa shape index (κ1) is 35.6. The summed E-state index contributed by atoms with van der Waals surface area (Å²) in [4.78, 5) is 30.2. The van der Waals surface area contributed by atoms with E-state index >= 15 is 0 Å². The van der Waals surface area contributed by atoms with Gasteiger partial charge in [-0.1, -0.05) is 140 Å². The highest BCUT2D eigenvalue weighted by Crippen LogP contribution is 2.43. The van der Waals surface area contributed by atoms with Crippen LogP contribution in [-0.2, 0) is 0 Å². The summed E-state index contributed by atoms with van der Waals surface area (Å²) < 4.78 is 6.41. The minimum Gasteiger partial charge on any atom is -0.309 e. The molecule has 5 aromatic heterocycles. The van der Waals surface area contributed by atoms with Gasteiger partial charge in [-0.2, -0.15) is 9.97 Å². The standard InChI is InChI=1S/C58H34N6O/c65-57-43-25-11-10-22-40(43)47-31-38(37-28-29-51-44(30-37)41-23-12-14-26-49(41)62(51)39-20-8-3-9-21-39)32-48-46-33-45-42-24-13-15-27-50(42)63(52(45)34-53(46)64(57)54(47)48)58-60-55(35-16-4-1-5-17-35)59-56(61-58)36-18-6-2-7-19-36/h1-34H. The van der Waals surface area contributed by atoms with Crippen LogP contribution in [-0.4, -0.2) is 28.5 Å². The van der Waals surface area contributed by atoms with Gasteiger partial charge >= 0.3 is 0 Å².